The van der Waals surface area contributed by atoms with E-state index in [1.165, 1.54) is 0 Å². The number of pyridine rings is 1. The molecule has 1 amide bonds. The van der Waals surface area contributed by atoms with Gasteiger partial charge in [-0.3, -0.25) is 0 Å². The fourth-order valence-electron chi connectivity index (χ4n) is 1.17. The third-order valence-corrected chi connectivity index (χ3v) is 1.92. The second-order valence-electron chi connectivity index (χ2n) is 4.96. The summed E-state index contributed by atoms with van der Waals surface area (Å²) in [6, 6.07) is 3.50. The van der Waals surface area contributed by atoms with Gasteiger partial charge in [-0.25, -0.2) is 9.78 Å². The molecule has 0 aliphatic carbocycles. The minimum atomic E-state index is -0.482. The Morgan fingerprint density at radius 1 is 1.47 bits per heavy atom. The lowest BCUT2D eigenvalue weighted by molar-refractivity contribution is 0.0529. The molecule has 3 N–H and O–H groups in total. The van der Waals surface area contributed by atoms with Gasteiger partial charge in [0, 0.05) is 13.0 Å². The molecule has 102 valence electrons. The van der Waals surface area contributed by atoms with Gasteiger partial charge >= 0.3 is 6.09 Å². The number of ether oxygens (including phenoxy) is 1. The van der Waals surface area contributed by atoms with E-state index in [1.807, 2.05) is 20.8 Å². The van der Waals surface area contributed by atoms with Crippen molar-refractivity contribution in [3.63, 3.8) is 0 Å². The molecule has 0 bridgehead atoms. The van der Waals surface area contributed by atoms with Gasteiger partial charge in [0.05, 0.1) is 11.9 Å². The number of anilines is 1. The van der Waals surface area contributed by atoms with Crippen LogP contribution in [-0.4, -0.2) is 23.2 Å². The van der Waals surface area contributed by atoms with Crippen LogP contribution in [0.3, 0.4) is 0 Å². The van der Waals surface area contributed by atoms with Crippen LogP contribution in [0, 0.1) is 11.8 Å². The zero-order chi connectivity index (χ0) is 14.3. The number of carbonyl (C=O) groups is 1. The number of nitrogen functional groups attached to an aromatic ring is 1. The van der Waals surface area contributed by atoms with Crippen molar-refractivity contribution in [1.29, 1.82) is 0 Å². The number of hydrogen-bond acceptors (Lipinski definition) is 4. The van der Waals surface area contributed by atoms with E-state index in [2.05, 4.69) is 22.1 Å². The lowest BCUT2D eigenvalue weighted by atomic mass is 10.2. The summed E-state index contributed by atoms with van der Waals surface area (Å²) in [4.78, 5) is 15.4. The van der Waals surface area contributed by atoms with E-state index in [0.717, 1.165) is 0 Å². The van der Waals surface area contributed by atoms with Crippen molar-refractivity contribution in [1.82, 2.24) is 10.3 Å². The molecule has 0 aliphatic heterocycles. The van der Waals surface area contributed by atoms with Crippen molar-refractivity contribution < 1.29 is 9.53 Å². The van der Waals surface area contributed by atoms with Crippen LogP contribution in [-0.2, 0) is 4.74 Å². The Balaban J connectivity index is 2.28. The lowest BCUT2D eigenvalue weighted by Gasteiger charge is -2.19. The summed E-state index contributed by atoms with van der Waals surface area (Å²) >= 11 is 0. The SMILES string of the molecule is CC(C)(C)OC(=O)NCCC#Cc1ccc(N)cn1. The number of amides is 1. The molecule has 1 aromatic heterocycles. The normalized spacial score (nSPS) is 10.3. The number of nitrogens with one attached hydrogen (secondary N) is 1. The first-order valence-electron chi connectivity index (χ1n) is 6.04. The van der Waals surface area contributed by atoms with Crippen LogP contribution in [0.2, 0.25) is 0 Å². The van der Waals surface area contributed by atoms with Crippen LogP contribution in [0.4, 0.5) is 10.5 Å². The van der Waals surface area contributed by atoms with Crippen LogP contribution in [0.15, 0.2) is 18.3 Å². The van der Waals surface area contributed by atoms with E-state index in [9.17, 15) is 4.79 Å². The van der Waals surface area contributed by atoms with Gasteiger partial charge < -0.3 is 15.8 Å². The quantitative estimate of drug-likeness (QED) is 0.630. The Labute approximate surface area is 113 Å². The molecule has 0 saturated heterocycles. The topological polar surface area (TPSA) is 77.2 Å². The second kappa shape index (κ2) is 6.64. The Morgan fingerprint density at radius 3 is 2.79 bits per heavy atom. The zero-order valence-corrected chi connectivity index (χ0v) is 11.5. The maximum atomic E-state index is 11.3. The van der Waals surface area contributed by atoms with Gasteiger partial charge in [-0.1, -0.05) is 5.92 Å². The molecular weight excluding hydrogens is 242 g/mol. The van der Waals surface area contributed by atoms with Crippen LogP contribution in [0.1, 0.15) is 32.9 Å². The highest BCUT2D eigenvalue weighted by Crippen LogP contribution is 2.06. The van der Waals surface area contributed by atoms with Gasteiger partial charge in [-0.05, 0) is 38.8 Å². The molecule has 5 heteroatoms. The van der Waals surface area contributed by atoms with E-state index in [4.69, 9.17) is 10.5 Å². The van der Waals surface area contributed by atoms with Crippen LogP contribution < -0.4 is 11.1 Å². The standard InChI is InChI=1S/C14H19N3O2/c1-14(2,3)19-13(18)16-9-5-4-6-12-8-7-11(15)10-17-12/h7-8,10H,5,9,15H2,1-3H3,(H,16,18). The Morgan fingerprint density at radius 2 is 2.21 bits per heavy atom. The molecule has 19 heavy (non-hydrogen) atoms. The molecule has 0 spiro atoms. The molecule has 0 aliphatic rings. The summed E-state index contributed by atoms with van der Waals surface area (Å²) in [5.41, 5.74) is 6.30. The van der Waals surface area contributed by atoms with Gasteiger partial charge in [0.15, 0.2) is 0 Å². The van der Waals surface area contributed by atoms with Crippen molar-refractivity contribution in [3.8, 4) is 11.8 Å². The zero-order valence-electron chi connectivity index (χ0n) is 11.5. The first-order chi connectivity index (χ1) is 8.87. The van der Waals surface area contributed by atoms with Crippen molar-refractivity contribution in [2.45, 2.75) is 32.8 Å². The van der Waals surface area contributed by atoms with E-state index < -0.39 is 11.7 Å². The predicted molar refractivity (Wildman–Crippen MR) is 74.4 cm³/mol. The van der Waals surface area contributed by atoms with Gasteiger partial charge in [0.25, 0.3) is 0 Å². The number of aromatic nitrogens is 1. The molecule has 1 heterocycles. The largest absolute Gasteiger partial charge is 0.444 e. The summed E-state index contributed by atoms with van der Waals surface area (Å²) < 4.78 is 5.09. The fourth-order valence-corrected chi connectivity index (χ4v) is 1.17. The molecule has 0 saturated carbocycles. The van der Waals surface area contributed by atoms with Crippen molar-refractivity contribution in [3.05, 3.63) is 24.0 Å². The molecule has 0 atom stereocenters. The van der Waals surface area contributed by atoms with Gasteiger partial charge in [-0.2, -0.15) is 0 Å². The highest BCUT2D eigenvalue weighted by Gasteiger charge is 2.15. The van der Waals surface area contributed by atoms with Crippen molar-refractivity contribution in [2.24, 2.45) is 0 Å². The van der Waals surface area contributed by atoms with E-state index in [0.29, 0.717) is 24.3 Å². The second-order valence-corrected chi connectivity index (χ2v) is 4.96. The summed E-state index contributed by atoms with van der Waals surface area (Å²) in [6.07, 6.45) is 1.66. The first kappa shape index (κ1) is 14.8. The molecule has 1 aromatic rings. The predicted octanol–water partition coefficient (Wildman–Crippen LogP) is 1.93. The number of alkyl carbamates (subject to hydrolysis) is 1. The summed E-state index contributed by atoms with van der Waals surface area (Å²) in [6.45, 7) is 5.90. The highest BCUT2D eigenvalue weighted by molar-refractivity contribution is 5.67. The molecule has 0 aromatic carbocycles. The molecule has 0 fully saturated rings. The van der Waals surface area contributed by atoms with E-state index in [1.54, 1.807) is 18.3 Å². The molecule has 5 nitrogen and oxygen atoms in total. The third kappa shape index (κ3) is 6.94. The van der Waals surface area contributed by atoms with Gasteiger partial charge in [0.1, 0.15) is 11.3 Å². The van der Waals surface area contributed by atoms with E-state index >= 15 is 0 Å². The Bertz CT molecular complexity index is 478. The van der Waals surface area contributed by atoms with Crippen LogP contribution >= 0.6 is 0 Å². The minimum Gasteiger partial charge on any atom is -0.444 e. The minimum absolute atomic E-state index is 0.431. The van der Waals surface area contributed by atoms with Crippen LogP contribution in [0.25, 0.3) is 0 Å². The first-order valence-corrected chi connectivity index (χ1v) is 6.04. The number of nitrogens with two attached hydrogens (primary N) is 1. The molecule has 0 radical (unpaired) electrons. The summed E-state index contributed by atoms with van der Waals surface area (Å²) in [5, 5.41) is 2.63. The maximum Gasteiger partial charge on any atom is 0.407 e. The monoisotopic (exact) mass is 261 g/mol. The van der Waals surface area contributed by atoms with Crippen LogP contribution in [0.5, 0.6) is 0 Å². The average molecular weight is 261 g/mol. The molecule has 1 rings (SSSR count). The number of nitrogens with zero attached hydrogens (tertiary/aromatic N) is 1. The smallest absolute Gasteiger partial charge is 0.407 e. The van der Waals surface area contributed by atoms with E-state index in [-0.39, 0.29) is 0 Å². The number of hydrogen-bond donors (Lipinski definition) is 2. The Hall–Kier alpha value is -2.22. The van der Waals surface area contributed by atoms with Crippen molar-refractivity contribution in [2.75, 3.05) is 12.3 Å². The third-order valence-electron chi connectivity index (χ3n) is 1.92. The molecule has 0 unspecified atom stereocenters. The van der Waals surface area contributed by atoms with Crippen molar-refractivity contribution >= 4 is 11.8 Å². The number of rotatable bonds is 2. The van der Waals surface area contributed by atoms with Gasteiger partial charge in [-0.15, -0.1) is 0 Å². The lowest BCUT2D eigenvalue weighted by Crippen LogP contribution is -2.32. The number of carbonyl (C=O) groups excluding carboxylic acids is 1. The van der Waals surface area contributed by atoms with Gasteiger partial charge in [0.2, 0.25) is 0 Å². The fraction of sp³-hybridized carbons (Fsp3) is 0.429. The maximum absolute atomic E-state index is 11.3. The molecular formula is C14H19N3O2. The summed E-state index contributed by atoms with van der Waals surface area (Å²) in [7, 11) is 0. The Kier molecular flexibility index (Phi) is 5.19. The average Bonchev–Trinajstić information content (AvgIpc) is 2.29. The highest BCUT2D eigenvalue weighted by atomic mass is 16.6. The summed E-state index contributed by atoms with van der Waals surface area (Å²) in [5.74, 6) is 5.80.